The zero-order chi connectivity index (χ0) is 10.6. The van der Waals surface area contributed by atoms with Crippen molar-refractivity contribution in [3.05, 3.63) is 33.1 Å². The Morgan fingerprint density at radius 1 is 1.57 bits per heavy atom. The molecule has 0 saturated heterocycles. The molecule has 1 N–H and O–H groups in total. The summed E-state index contributed by atoms with van der Waals surface area (Å²) in [6, 6.07) is 1.33. The van der Waals surface area contributed by atoms with Crippen LogP contribution in [0.3, 0.4) is 0 Å². The standard InChI is InChI=1S/C9H14N2O3/c1-7(14-2)3-5-11-6-4-8(12)10-9(11)13/h4,6-7H,3,5H2,1-2H3,(H,10,12,13). The van der Waals surface area contributed by atoms with Gasteiger partial charge in [0.1, 0.15) is 0 Å². The van der Waals surface area contributed by atoms with E-state index in [0.717, 1.165) is 6.42 Å². The van der Waals surface area contributed by atoms with Crippen LogP contribution in [0, 0.1) is 0 Å². The summed E-state index contributed by atoms with van der Waals surface area (Å²) in [6.45, 7) is 2.47. The van der Waals surface area contributed by atoms with Crippen LogP contribution in [-0.2, 0) is 11.3 Å². The number of nitrogens with one attached hydrogen (secondary N) is 1. The molecule has 0 aromatic carbocycles. The van der Waals surface area contributed by atoms with Crippen LogP contribution in [0.2, 0.25) is 0 Å². The Balaban J connectivity index is 2.68. The van der Waals surface area contributed by atoms with Crippen molar-refractivity contribution in [2.45, 2.75) is 26.0 Å². The Kier molecular flexibility index (Phi) is 3.64. The first-order valence-corrected chi connectivity index (χ1v) is 4.46. The molecule has 0 amide bonds. The first-order chi connectivity index (χ1) is 6.63. The molecule has 0 saturated carbocycles. The van der Waals surface area contributed by atoms with Crippen LogP contribution < -0.4 is 11.2 Å². The summed E-state index contributed by atoms with van der Waals surface area (Å²) in [6.07, 6.45) is 2.33. The van der Waals surface area contributed by atoms with Gasteiger partial charge in [-0.25, -0.2) is 4.79 Å². The second kappa shape index (κ2) is 4.76. The largest absolute Gasteiger partial charge is 0.382 e. The Bertz CT molecular complexity index is 394. The average Bonchev–Trinajstić information content (AvgIpc) is 2.16. The van der Waals surface area contributed by atoms with Gasteiger partial charge in [-0.05, 0) is 13.3 Å². The van der Waals surface area contributed by atoms with Crippen LogP contribution in [0.15, 0.2) is 21.9 Å². The molecule has 0 fully saturated rings. The summed E-state index contributed by atoms with van der Waals surface area (Å²) in [7, 11) is 1.63. The molecule has 0 aliphatic heterocycles. The molecule has 0 radical (unpaired) electrons. The molecule has 1 atom stereocenters. The number of aromatic amines is 1. The number of ether oxygens (including phenoxy) is 1. The fourth-order valence-electron chi connectivity index (χ4n) is 1.06. The van der Waals surface area contributed by atoms with E-state index >= 15 is 0 Å². The molecule has 0 aliphatic rings. The smallest absolute Gasteiger partial charge is 0.328 e. The van der Waals surface area contributed by atoms with Crippen molar-refractivity contribution in [3.8, 4) is 0 Å². The third kappa shape index (κ3) is 2.85. The molecule has 1 aromatic heterocycles. The summed E-state index contributed by atoms with van der Waals surface area (Å²) in [4.78, 5) is 24.1. The molecular weight excluding hydrogens is 184 g/mol. The molecule has 5 heteroatoms. The molecule has 5 nitrogen and oxygen atoms in total. The lowest BCUT2D eigenvalue weighted by Crippen LogP contribution is -2.29. The van der Waals surface area contributed by atoms with Gasteiger partial charge in [-0.3, -0.25) is 9.78 Å². The second-order valence-corrected chi connectivity index (χ2v) is 3.14. The minimum atomic E-state index is -0.374. The number of hydrogen-bond donors (Lipinski definition) is 1. The van der Waals surface area contributed by atoms with Crippen LogP contribution in [0.4, 0.5) is 0 Å². The number of rotatable bonds is 4. The number of aromatic nitrogens is 2. The normalized spacial score (nSPS) is 12.7. The zero-order valence-corrected chi connectivity index (χ0v) is 8.32. The van der Waals surface area contributed by atoms with E-state index in [-0.39, 0.29) is 17.4 Å². The quantitative estimate of drug-likeness (QED) is 0.738. The highest BCUT2D eigenvalue weighted by atomic mass is 16.5. The lowest BCUT2D eigenvalue weighted by atomic mass is 10.3. The molecule has 1 rings (SSSR count). The van der Waals surface area contributed by atoms with E-state index < -0.39 is 0 Å². The highest BCUT2D eigenvalue weighted by Crippen LogP contribution is 1.96. The predicted molar refractivity (Wildman–Crippen MR) is 52.4 cm³/mol. The van der Waals surface area contributed by atoms with Gasteiger partial charge in [0.2, 0.25) is 0 Å². The number of aryl methyl sites for hydroxylation is 1. The summed E-state index contributed by atoms with van der Waals surface area (Å²) in [5, 5.41) is 0. The van der Waals surface area contributed by atoms with E-state index in [1.54, 1.807) is 7.11 Å². The summed E-state index contributed by atoms with van der Waals surface area (Å²) in [5.41, 5.74) is -0.744. The number of nitrogens with zero attached hydrogens (tertiary/aromatic N) is 1. The molecule has 14 heavy (non-hydrogen) atoms. The molecular formula is C9H14N2O3. The van der Waals surface area contributed by atoms with E-state index in [1.807, 2.05) is 6.92 Å². The van der Waals surface area contributed by atoms with Crippen LogP contribution in [0.5, 0.6) is 0 Å². The van der Waals surface area contributed by atoms with E-state index in [4.69, 9.17) is 4.74 Å². The van der Waals surface area contributed by atoms with Crippen LogP contribution in [-0.4, -0.2) is 22.8 Å². The maximum atomic E-state index is 11.2. The molecule has 78 valence electrons. The first-order valence-electron chi connectivity index (χ1n) is 4.46. The fraction of sp³-hybridized carbons (Fsp3) is 0.556. The second-order valence-electron chi connectivity index (χ2n) is 3.14. The SMILES string of the molecule is COC(C)CCn1ccc(=O)[nH]c1=O. The van der Waals surface area contributed by atoms with Crippen molar-refractivity contribution >= 4 is 0 Å². The van der Waals surface area contributed by atoms with Crippen LogP contribution in [0.1, 0.15) is 13.3 Å². The van der Waals surface area contributed by atoms with Crippen molar-refractivity contribution in [3.63, 3.8) is 0 Å². The molecule has 0 bridgehead atoms. The zero-order valence-electron chi connectivity index (χ0n) is 8.32. The van der Waals surface area contributed by atoms with Crippen LogP contribution in [0.25, 0.3) is 0 Å². The third-order valence-corrected chi connectivity index (χ3v) is 2.08. The van der Waals surface area contributed by atoms with Crippen LogP contribution >= 0.6 is 0 Å². The number of hydrogen-bond acceptors (Lipinski definition) is 3. The Morgan fingerprint density at radius 2 is 2.29 bits per heavy atom. The highest BCUT2D eigenvalue weighted by molar-refractivity contribution is 4.82. The minimum Gasteiger partial charge on any atom is -0.382 e. The minimum absolute atomic E-state index is 0.105. The third-order valence-electron chi connectivity index (χ3n) is 2.08. The van der Waals surface area contributed by atoms with E-state index in [9.17, 15) is 9.59 Å². The predicted octanol–water partition coefficient (Wildman–Crippen LogP) is -0.0384. The Labute approximate surface area is 81.3 Å². The van der Waals surface area contributed by atoms with Gasteiger partial charge < -0.3 is 9.30 Å². The monoisotopic (exact) mass is 198 g/mol. The van der Waals surface area contributed by atoms with Gasteiger partial charge in [0, 0.05) is 25.9 Å². The van der Waals surface area contributed by atoms with Crippen molar-refractivity contribution in [2.75, 3.05) is 7.11 Å². The topological polar surface area (TPSA) is 64.1 Å². The van der Waals surface area contributed by atoms with Crippen molar-refractivity contribution in [1.29, 1.82) is 0 Å². The highest BCUT2D eigenvalue weighted by Gasteiger charge is 2.01. The average molecular weight is 198 g/mol. The lowest BCUT2D eigenvalue weighted by molar-refractivity contribution is 0.106. The van der Waals surface area contributed by atoms with Gasteiger partial charge in [-0.2, -0.15) is 0 Å². The van der Waals surface area contributed by atoms with Crippen molar-refractivity contribution in [2.24, 2.45) is 0 Å². The Hall–Kier alpha value is -1.36. The van der Waals surface area contributed by atoms with Gasteiger partial charge in [-0.1, -0.05) is 0 Å². The van der Waals surface area contributed by atoms with Gasteiger partial charge in [0.25, 0.3) is 5.56 Å². The summed E-state index contributed by atoms with van der Waals surface area (Å²) >= 11 is 0. The Morgan fingerprint density at radius 3 is 2.86 bits per heavy atom. The maximum Gasteiger partial charge on any atom is 0.328 e. The van der Waals surface area contributed by atoms with Gasteiger partial charge in [0.05, 0.1) is 6.10 Å². The molecule has 1 heterocycles. The van der Waals surface area contributed by atoms with Crippen molar-refractivity contribution in [1.82, 2.24) is 9.55 Å². The molecule has 1 aromatic rings. The maximum absolute atomic E-state index is 11.2. The number of H-pyrrole nitrogens is 1. The molecule has 0 aliphatic carbocycles. The van der Waals surface area contributed by atoms with Gasteiger partial charge >= 0.3 is 5.69 Å². The van der Waals surface area contributed by atoms with E-state index in [2.05, 4.69) is 4.98 Å². The fourth-order valence-corrected chi connectivity index (χ4v) is 1.06. The molecule has 0 spiro atoms. The van der Waals surface area contributed by atoms with Gasteiger partial charge in [0.15, 0.2) is 0 Å². The lowest BCUT2D eigenvalue weighted by Gasteiger charge is -2.09. The van der Waals surface area contributed by atoms with E-state index in [1.165, 1.54) is 16.8 Å². The van der Waals surface area contributed by atoms with Gasteiger partial charge in [-0.15, -0.1) is 0 Å². The van der Waals surface area contributed by atoms with E-state index in [0.29, 0.717) is 6.54 Å². The summed E-state index contributed by atoms with van der Waals surface area (Å²) in [5.74, 6) is 0. The summed E-state index contributed by atoms with van der Waals surface area (Å²) < 4.78 is 6.50. The van der Waals surface area contributed by atoms with Crippen molar-refractivity contribution < 1.29 is 4.74 Å². The molecule has 1 unspecified atom stereocenters. The number of methoxy groups -OCH3 is 1. The first kappa shape index (κ1) is 10.7.